The molecule has 0 saturated carbocycles. The van der Waals surface area contributed by atoms with Gasteiger partial charge in [0.15, 0.2) is 0 Å². The summed E-state index contributed by atoms with van der Waals surface area (Å²) >= 11 is 0. The van der Waals surface area contributed by atoms with Crippen molar-refractivity contribution in [2.75, 3.05) is 16.8 Å². The van der Waals surface area contributed by atoms with Crippen molar-refractivity contribution >= 4 is 17.3 Å². The number of nitrogens with zero attached hydrogens (tertiary/aromatic N) is 3. The predicted molar refractivity (Wildman–Crippen MR) is 99.9 cm³/mol. The van der Waals surface area contributed by atoms with E-state index in [-0.39, 0.29) is 11.9 Å². The minimum absolute atomic E-state index is 0.0807. The van der Waals surface area contributed by atoms with Crippen LogP contribution in [-0.4, -0.2) is 22.6 Å². The molecule has 132 valence electrons. The first-order valence-electron chi connectivity index (χ1n) is 8.68. The summed E-state index contributed by atoms with van der Waals surface area (Å²) in [5.74, 6) is 1.20. The molecule has 0 aliphatic carbocycles. The van der Waals surface area contributed by atoms with Gasteiger partial charge >= 0.3 is 0 Å². The molecule has 0 fully saturated rings. The number of hydrogen-bond donors (Lipinski definition) is 1. The third-order valence-electron chi connectivity index (χ3n) is 4.58. The highest BCUT2D eigenvalue weighted by Gasteiger charge is 2.23. The Morgan fingerprint density at radius 2 is 2.04 bits per heavy atom. The summed E-state index contributed by atoms with van der Waals surface area (Å²) in [6.45, 7) is 4.33. The van der Waals surface area contributed by atoms with E-state index in [9.17, 15) is 4.79 Å². The van der Waals surface area contributed by atoms with Gasteiger partial charge in [0.1, 0.15) is 6.04 Å². The van der Waals surface area contributed by atoms with Crippen molar-refractivity contribution in [3.8, 4) is 11.4 Å². The Morgan fingerprint density at radius 3 is 2.81 bits per heavy atom. The van der Waals surface area contributed by atoms with Gasteiger partial charge in [-0.15, -0.1) is 0 Å². The molecule has 3 aromatic rings. The van der Waals surface area contributed by atoms with Crippen LogP contribution in [0.5, 0.6) is 0 Å². The van der Waals surface area contributed by atoms with E-state index in [0.29, 0.717) is 11.7 Å². The molecule has 1 atom stereocenters. The zero-order valence-electron chi connectivity index (χ0n) is 14.8. The maximum atomic E-state index is 11.7. The minimum Gasteiger partial charge on any atom is -0.374 e. The third kappa shape index (κ3) is 3.06. The lowest BCUT2D eigenvalue weighted by atomic mass is 10.1. The zero-order valence-corrected chi connectivity index (χ0v) is 14.8. The molecule has 0 bridgehead atoms. The number of carbonyl (C=O) groups excluding carboxylic acids is 1. The van der Waals surface area contributed by atoms with Crippen molar-refractivity contribution in [1.82, 2.24) is 10.1 Å². The maximum Gasteiger partial charge on any atom is 0.249 e. The highest BCUT2D eigenvalue weighted by Crippen LogP contribution is 2.31. The van der Waals surface area contributed by atoms with Gasteiger partial charge in [0.05, 0.1) is 0 Å². The van der Waals surface area contributed by atoms with Crippen LogP contribution < -0.4 is 10.2 Å². The molecule has 6 heteroatoms. The molecule has 1 aliphatic heterocycles. The summed E-state index contributed by atoms with van der Waals surface area (Å²) in [6.07, 6.45) is 0.873. The first-order valence-corrected chi connectivity index (χ1v) is 8.68. The fraction of sp³-hybridized carbons (Fsp3) is 0.250. The Kier molecular flexibility index (Phi) is 4.16. The molecule has 26 heavy (non-hydrogen) atoms. The van der Waals surface area contributed by atoms with Crippen LogP contribution >= 0.6 is 0 Å². The van der Waals surface area contributed by atoms with Crippen molar-refractivity contribution < 1.29 is 9.32 Å². The van der Waals surface area contributed by atoms with Crippen LogP contribution in [0.1, 0.15) is 31.3 Å². The van der Waals surface area contributed by atoms with Crippen LogP contribution in [0.4, 0.5) is 11.4 Å². The highest BCUT2D eigenvalue weighted by atomic mass is 16.5. The van der Waals surface area contributed by atoms with Crippen LogP contribution in [0.2, 0.25) is 0 Å². The van der Waals surface area contributed by atoms with Gasteiger partial charge in [-0.05, 0) is 37.1 Å². The molecule has 1 aliphatic rings. The van der Waals surface area contributed by atoms with E-state index in [1.165, 1.54) is 5.56 Å². The SMILES string of the molecule is CC(=O)N1CCc2cc(NC(C)c3nc(-c4ccccc4)no3)ccc21. The second kappa shape index (κ2) is 6.63. The number of aromatic nitrogens is 2. The van der Waals surface area contributed by atoms with Gasteiger partial charge in [-0.2, -0.15) is 4.98 Å². The average molecular weight is 348 g/mol. The summed E-state index contributed by atoms with van der Waals surface area (Å²) in [4.78, 5) is 18.0. The second-order valence-electron chi connectivity index (χ2n) is 6.45. The first kappa shape index (κ1) is 16.3. The van der Waals surface area contributed by atoms with Gasteiger partial charge in [0, 0.05) is 30.4 Å². The molecule has 1 unspecified atom stereocenters. The van der Waals surface area contributed by atoms with Crippen molar-refractivity contribution in [3.63, 3.8) is 0 Å². The fourth-order valence-corrected chi connectivity index (χ4v) is 3.25. The van der Waals surface area contributed by atoms with Crippen LogP contribution in [-0.2, 0) is 11.2 Å². The van der Waals surface area contributed by atoms with Crippen molar-refractivity contribution in [1.29, 1.82) is 0 Å². The van der Waals surface area contributed by atoms with Gasteiger partial charge in [-0.25, -0.2) is 0 Å². The summed E-state index contributed by atoms with van der Waals surface area (Å²) in [7, 11) is 0. The second-order valence-corrected chi connectivity index (χ2v) is 6.45. The lowest BCUT2D eigenvalue weighted by molar-refractivity contribution is -0.116. The van der Waals surface area contributed by atoms with Crippen LogP contribution in [0.3, 0.4) is 0 Å². The molecule has 0 saturated heterocycles. The fourth-order valence-electron chi connectivity index (χ4n) is 3.25. The standard InChI is InChI=1S/C20H20N4O2/c1-13(20-22-19(23-26-20)15-6-4-3-5-7-15)21-17-8-9-18-16(12-17)10-11-24(18)14(2)25/h3-9,12-13,21H,10-11H2,1-2H3. The topological polar surface area (TPSA) is 71.3 Å². The van der Waals surface area contributed by atoms with E-state index in [4.69, 9.17) is 4.52 Å². The predicted octanol–water partition coefficient (Wildman–Crippen LogP) is 3.82. The lowest BCUT2D eigenvalue weighted by Gasteiger charge is -2.16. The number of amides is 1. The molecule has 1 N–H and O–H groups in total. The van der Waals surface area contributed by atoms with Crippen molar-refractivity contribution in [3.05, 3.63) is 60.0 Å². The van der Waals surface area contributed by atoms with Gasteiger partial charge < -0.3 is 14.7 Å². The van der Waals surface area contributed by atoms with Crippen LogP contribution in [0, 0.1) is 0 Å². The number of carbonyl (C=O) groups is 1. The number of hydrogen-bond acceptors (Lipinski definition) is 5. The number of fused-ring (bicyclic) bond motifs is 1. The van der Waals surface area contributed by atoms with E-state index < -0.39 is 0 Å². The van der Waals surface area contributed by atoms with Crippen LogP contribution in [0.15, 0.2) is 53.1 Å². The molecule has 4 rings (SSSR count). The maximum absolute atomic E-state index is 11.7. The van der Waals surface area contributed by atoms with E-state index >= 15 is 0 Å². The molecule has 0 radical (unpaired) electrons. The Hall–Kier alpha value is -3.15. The molecule has 1 aromatic heterocycles. The Balaban J connectivity index is 1.50. The molecule has 6 nitrogen and oxygen atoms in total. The van der Waals surface area contributed by atoms with Gasteiger partial charge in [-0.3, -0.25) is 4.79 Å². The smallest absolute Gasteiger partial charge is 0.249 e. The van der Waals surface area contributed by atoms with Crippen LogP contribution in [0.25, 0.3) is 11.4 Å². The number of benzene rings is 2. The number of anilines is 2. The van der Waals surface area contributed by atoms with E-state index in [2.05, 4.69) is 21.5 Å². The summed E-state index contributed by atoms with van der Waals surface area (Å²) in [5, 5.41) is 7.46. The van der Waals surface area contributed by atoms with Crippen molar-refractivity contribution in [2.24, 2.45) is 0 Å². The van der Waals surface area contributed by atoms with E-state index in [1.54, 1.807) is 6.92 Å². The summed E-state index contributed by atoms with van der Waals surface area (Å²) in [5.41, 5.74) is 4.07. The summed E-state index contributed by atoms with van der Waals surface area (Å²) in [6, 6.07) is 15.7. The van der Waals surface area contributed by atoms with E-state index in [0.717, 1.165) is 29.9 Å². The Morgan fingerprint density at radius 1 is 1.23 bits per heavy atom. The average Bonchev–Trinajstić information content (AvgIpc) is 3.29. The molecule has 2 aromatic carbocycles. The van der Waals surface area contributed by atoms with Gasteiger partial charge in [-0.1, -0.05) is 35.5 Å². The summed E-state index contributed by atoms with van der Waals surface area (Å²) < 4.78 is 5.42. The molecule has 0 spiro atoms. The largest absolute Gasteiger partial charge is 0.374 e. The molecular weight excluding hydrogens is 328 g/mol. The third-order valence-corrected chi connectivity index (χ3v) is 4.58. The Labute approximate surface area is 151 Å². The monoisotopic (exact) mass is 348 g/mol. The zero-order chi connectivity index (χ0) is 18.1. The molecular formula is C20H20N4O2. The quantitative estimate of drug-likeness (QED) is 0.776. The molecule has 2 heterocycles. The van der Waals surface area contributed by atoms with E-state index in [1.807, 2.05) is 54.3 Å². The number of nitrogens with one attached hydrogen (secondary N) is 1. The molecule has 1 amide bonds. The van der Waals surface area contributed by atoms with Gasteiger partial charge in [0.2, 0.25) is 17.6 Å². The Bertz CT molecular complexity index is 936. The van der Waals surface area contributed by atoms with Crippen molar-refractivity contribution in [2.45, 2.75) is 26.3 Å². The highest BCUT2D eigenvalue weighted by molar-refractivity contribution is 5.94. The normalized spacial score (nSPS) is 14.2. The lowest BCUT2D eigenvalue weighted by Crippen LogP contribution is -2.25. The van der Waals surface area contributed by atoms with Gasteiger partial charge in [0.25, 0.3) is 0 Å². The first-order chi connectivity index (χ1) is 12.6. The minimum atomic E-state index is -0.122. The number of rotatable bonds is 4.